The maximum absolute atomic E-state index is 8.92. The number of hydrogen-bond donors (Lipinski definition) is 0. The summed E-state index contributed by atoms with van der Waals surface area (Å²) < 4.78 is 5.36. The highest BCUT2D eigenvalue weighted by Gasteiger charge is 2.16. The third-order valence-corrected chi connectivity index (χ3v) is 2.19. The van der Waals surface area contributed by atoms with Gasteiger partial charge in [-0.05, 0) is 12.5 Å². The smallest absolute Gasteiger partial charge is 0.113 e. The molecule has 2 rings (SSSR count). The van der Waals surface area contributed by atoms with Gasteiger partial charge in [0.05, 0.1) is 5.57 Å². The van der Waals surface area contributed by atoms with Gasteiger partial charge in [-0.25, -0.2) is 0 Å². The normalized spacial score (nSPS) is 14.5. The Hall–Kier alpha value is -1.75. The van der Waals surface area contributed by atoms with Gasteiger partial charge >= 0.3 is 0 Å². The monoisotopic (exact) mass is 171 g/mol. The zero-order valence-electron chi connectivity index (χ0n) is 7.37. The van der Waals surface area contributed by atoms with Gasteiger partial charge in [0.25, 0.3) is 0 Å². The molecule has 1 aliphatic heterocycles. The van der Waals surface area contributed by atoms with Crippen LogP contribution in [0.25, 0.3) is 5.57 Å². The van der Waals surface area contributed by atoms with Gasteiger partial charge in [-0.3, -0.25) is 0 Å². The van der Waals surface area contributed by atoms with Crippen molar-refractivity contribution in [1.82, 2.24) is 0 Å². The topological polar surface area (TPSA) is 33.0 Å². The number of hydrogen-bond acceptors (Lipinski definition) is 2. The Morgan fingerprint density at radius 3 is 2.92 bits per heavy atom. The molecule has 2 heteroatoms. The van der Waals surface area contributed by atoms with Gasteiger partial charge in [0.15, 0.2) is 0 Å². The quantitative estimate of drug-likeness (QED) is 0.600. The Labute approximate surface area is 77.1 Å². The second-order valence-corrected chi connectivity index (χ2v) is 2.99. The van der Waals surface area contributed by atoms with E-state index < -0.39 is 0 Å². The fourth-order valence-corrected chi connectivity index (χ4v) is 1.48. The van der Waals surface area contributed by atoms with Gasteiger partial charge in [0.1, 0.15) is 18.4 Å². The Bertz CT molecular complexity index is 412. The standard InChI is InChI=1S/C11H9NO/c1-8-11(6-12)10-5-3-2-4-9(10)7-13-8/h2-5H,7H2,1H3. The van der Waals surface area contributed by atoms with Crippen molar-refractivity contribution >= 4 is 5.57 Å². The summed E-state index contributed by atoms with van der Waals surface area (Å²) in [6.45, 7) is 2.40. The molecule has 1 heterocycles. The summed E-state index contributed by atoms with van der Waals surface area (Å²) >= 11 is 0. The van der Waals surface area contributed by atoms with Crippen LogP contribution in [0.5, 0.6) is 0 Å². The maximum Gasteiger partial charge on any atom is 0.113 e. The summed E-state index contributed by atoms with van der Waals surface area (Å²) in [5.74, 6) is 0.723. The molecule has 0 radical (unpaired) electrons. The summed E-state index contributed by atoms with van der Waals surface area (Å²) in [5.41, 5.74) is 2.75. The Balaban J connectivity index is 2.63. The number of rotatable bonds is 0. The van der Waals surface area contributed by atoms with Crippen molar-refractivity contribution in [3.63, 3.8) is 0 Å². The van der Waals surface area contributed by atoms with Crippen LogP contribution >= 0.6 is 0 Å². The van der Waals surface area contributed by atoms with E-state index in [0.29, 0.717) is 12.2 Å². The first-order valence-corrected chi connectivity index (χ1v) is 4.15. The SMILES string of the molecule is CC1=C(C#N)c2ccccc2CO1. The van der Waals surface area contributed by atoms with Crippen LogP contribution < -0.4 is 0 Å². The molecule has 0 aliphatic carbocycles. The van der Waals surface area contributed by atoms with E-state index in [-0.39, 0.29) is 0 Å². The minimum Gasteiger partial charge on any atom is -0.492 e. The van der Waals surface area contributed by atoms with E-state index in [1.807, 2.05) is 31.2 Å². The molecule has 0 unspecified atom stereocenters. The zero-order valence-corrected chi connectivity index (χ0v) is 7.37. The van der Waals surface area contributed by atoms with E-state index in [4.69, 9.17) is 10.00 Å². The van der Waals surface area contributed by atoms with Crippen LogP contribution in [0, 0.1) is 11.3 Å². The predicted molar refractivity (Wildman–Crippen MR) is 49.4 cm³/mol. The molecule has 1 aliphatic rings. The van der Waals surface area contributed by atoms with Crippen LogP contribution in [0.2, 0.25) is 0 Å². The van der Waals surface area contributed by atoms with Crippen molar-refractivity contribution in [2.24, 2.45) is 0 Å². The molecule has 0 fully saturated rings. The number of nitrogens with zero attached hydrogens (tertiary/aromatic N) is 1. The molecular weight excluding hydrogens is 162 g/mol. The molecule has 0 spiro atoms. The largest absolute Gasteiger partial charge is 0.492 e. The fourth-order valence-electron chi connectivity index (χ4n) is 1.48. The second-order valence-electron chi connectivity index (χ2n) is 2.99. The fraction of sp³-hybridized carbons (Fsp3) is 0.182. The van der Waals surface area contributed by atoms with Crippen LogP contribution in [0.15, 0.2) is 30.0 Å². The first-order chi connectivity index (χ1) is 6.33. The molecule has 1 aromatic carbocycles. The number of nitriles is 1. The minimum absolute atomic E-state index is 0.577. The molecule has 0 N–H and O–H groups in total. The van der Waals surface area contributed by atoms with Crippen LogP contribution in [0.1, 0.15) is 18.1 Å². The predicted octanol–water partition coefficient (Wildman–Crippen LogP) is 2.47. The van der Waals surface area contributed by atoms with Gasteiger partial charge in [0, 0.05) is 5.56 Å². The Kier molecular flexibility index (Phi) is 1.79. The molecule has 64 valence electrons. The highest BCUT2D eigenvalue weighted by atomic mass is 16.5. The third kappa shape index (κ3) is 1.19. The third-order valence-electron chi connectivity index (χ3n) is 2.19. The lowest BCUT2D eigenvalue weighted by Crippen LogP contribution is -2.04. The van der Waals surface area contributed by atoms with E-state index in [1.165, 1.54) is 0 Å². The first kappa shape index (κ1) is 7.88. The lowest BCUT2D eigenvalue weighted by atomic mass is 9.98. The lowest BCUT2D eigenvalue weighted by molar-refractivity contribution is 0.198. The van der Waals surface area contributed by atoms with Gasteiger partial charge in [-0.1, -0.05) is 24.3 Å². The summed E-state index contributed by atoms with van der Waals surface area (Å²) in [5, 5.41) is 8.92. The van der Waals surface area contributed by atoms with Gasteiger partial charge < -0.3 is 4.74 Å². The van der Waals surface area contributed by atoms with Gasteiger partial charge in [-0.15, -0.1) is 0 Å². The maximum atomic E-state index is 8.92. The number of ether oxygens (including phenoxy) is 1. The number of fused-ring (bicyclic) bond motifs is 1. The van der Waals surface area contributed by atoms with Gasteiger partial charge in [-0.2, -0.15) is 5.26 Å². The summed E-state index contributed by atoms with van der Waals surface area (Å²) in [7, 11) is 0. The van der Waals surface area contributed by atoms with Crippen molar-refractivity contribution < 1.29 is 4.74 Å². The summed E-state index contributed by atoms with van der Waals surface area (Å²) in [6.07, 6.45) is 0. The van der Waals surface area contributed by atoms with Crippen molar-refractivity contribution in [3.05, 3.63) is 41.2 Å². The van der Waals surface area contributed by atoms with Crippen LogP contribution in [-0.4, -0.2) is 0 Å². The Morgan fingerprint density at radius 2 is 2.15 bits per heavy atom. The number of benzene rings is 1. The molecule has 0 bridgehead atoms. The van der Waals surface area contributed by atoms with E-state index in [0.717, 1.165) is 16.9 Å². The lowest BCUT2D eigenvalue weighted by Gasteiger charge is -2.17. The van der Waals surface area contributed by atoms with Crippen molar-refractivity contribution in [2.45, 2.75) is 13.5 Å². The molecule has 0 atom stereocenters. The minimum atomic E-state index is 0.577. The van der Waals surface area contributed by atoms with Gasteiger partial charge in [0.2, 0.25) is 0 Å². The molecule has 13 heavy (non-hydrogen) atoms. The highest BCUT2D eigenvalue weighted by Crippen LogP contribution is 2.28. The molecule has 1 aromatic rings. The van der Waals surface area contributed by atoms with E-state index in [9.17, 15) is 0 Å². The zero-order chi connectivity index (χ0) is 9.26. The molecule has 0 saturated heterocycles. The average molecular weight is 171 g/mol. The van der Waals surface area contributed by atoms with Crippen LogP contribution in [0.3, 0.4) is 0 Å². The van der Waals surface area contributed by atoms with E-state index in [2.05, 4.69) is 6.07 Å². The van der Waals surface area contributed by atoms with Crippen molar-refractivity contribution in [1.29, 1.82) is 5.26 Å². The van der Waals surface area contributed by atoms with Crippen LogP contribution in [-0.2, 0) is 11.3 Å². The van der Waals surface area contributed by atoms with E-state index in [1.54, 1.807) is 0 Å². The van der Waals surface area contributed by atoms with Crippen LogP contribution in [0.4, 0.5) is 0 Å². The van der Waals surface area contributed by atoms with Crippen molar-refractivity contribution in [2.75, 3.05) is 0 Å². The number of allylic oxidation sites excluding steroid dienone is 2. The Morgan fingerprint density at radius 1 is 1.38 bits per heavy atom. The van der Waals surface area contributed by atoms with Crippen molar-refractivity contribution in [3.8, 4) is 6.07 Å². The molecule has 0 saturated carbocycles. The molecule has 2 nitrogen and oxygen atoms in total. The van der Waals surface area contributed by atoms with E-state index >= 15 is 0 Å². The average Bonchev–Trinajstić information content (AvgIpc) is 2.18. The second kappa shape index (κ2) is 2.95. The molecule has 0 amide bonds. The molecular formula is C11H9NO. The first-order valence-electron chi connectivity index (χ1n) is 4.15. The summed E-state index contributed by atoms with van der Waals surface area (Å²) in [4.78, 5) is 0. The highest BCUT2D eigenvalue weighted by molar-refractivity contribution is 5.80. The molecule has 0 aromatic heterocycles. The summed E-state index contributed by atoms with van der Waals surface area (Å²) in [6, 6.07) is 10.0.